The van der Waals surface area contributed by atoms with E-state index in [0.717, 1.165) is 12.8 Å². The molecule has 12 heteroatoms. The normalized spacial score (nSPS) is 16.7. The number of carboxylic acid groups (broad SMARTS) is 1. The molecule has 3 heterocycles. The van der Waals surface area contributed by atoms with Crippen LogP contribution in [0.25, 0.3) is 0 Å². The molecular formula is C30H38N4O8. The molecule has 2 amide bonds. The standard InChI is InChI=1S/C30H38N4O8/c1-30(2,3)42-29(39)32-11-8-23(9-12-32)33-13-14-34(27(36)18-33)17-25(35)21-6-7-26(41-20-28(37)38)22(15-21)19-40-24-5-4-10-31-16-24/h4-7,10,15-16,23H,8-9,11-14,17-20H2,1-3H3,(H,37,38). The van der Waals surface area contributed by atoms with E-state index < -0.39 is 18.2 Å². The zero-order valence-electron chi connectivity index (χ0n) is 24.3. The number of likely N-dealkylation sites (tertiary alicyclic amines) is 1. The molecule has 0 spiro atoms. The number of rotatable bonds is 10. The Labute approximate surface area is 245 Å². The average Bonchev–Trinajstić information content (AvgIpc) is 2.96. The number of hydrogen-bond donors (Lipinski definition) is 1. The molecule has 0 saturated carbocycles. The lowest BCUT2D eigenvalue weighted by Gasteiger charge is -2.42. The molecular weight excluding hydrogens is 544 g/mol. The summed E-state index contributed by atoms with van der Waals surface area (Å²) in [5, 5.41) is 9.02. The van der Waals surface area contributed by atoms with Crippen LogP contribution < -0.4 is 9.47 Å². The minimum Gasteiger partial charge on any atom is -0.487 e. The van der Waals surface area contributed by atoms with Crippen LogP contribution >= 0.6 is 0 Å². The van der Waals surface area contributed by atoms with Gasteiger partial charge in [0.1, 0.15) is 23.7 Å². The number of carbonyl (C=O) groups is 4. The summed E-state index contributed by atoms with van der Waals surface area (Å²) in [6, 6.07) is 8.35. The number of aliphatic carboxylic acids is 1. The Kier molecular flexibility index (Phi) is 10.00. The third-order valence-corrected chi connectivity index (χ3v) is 7.08. The highest BCUT2D eigenvalue weighted by atomic mass is 16.6. The highest BCUT2D eigenvalue weighted by molar-refractivity contribution is 6.00. The highest BCUT2D eigenvalue weighted by Crippen LogP contribution is 2.24. The van der Waals surface area contributed by atoms with Crippen LogP contribution in [0, 0.1) is 0 Å². The largest absolute Gasteiger partial charge is 0.487 e. The van der Waals surface area contributed by atoms with Crippen LogP contribution in [0.1, 0.15) is 49.5 Å². The molecule has 4 rings (SSSR count). The summed E-state index contributed by atoms with van der Waals surface area (Å²) in [6.45, 7) is 7.40. The van der Waals surface area contributed by atoms with Crippen LogP contribution in [0.3, 0.4) is 0 Å². The first-order chi connectivity index (χ1) is 20.0. The second kappa shape index (κ2) is 13.6. The minimum atomic E-state index is -1.12. The van der Waals surface area contributed by atoms with Crippen LogP contribution in [0.15, 0.2) is 42.7 Å². The van der Waals surface area contributed by atoms with Crippen molar-refractivity contribution < 1.29 is 38.5 Å². The Morgan fingerprint density at radius 1 is 1.05 bits per heavy atom. The smallest absolute Gasteiger partial charge is 0.410 e. The number of carbonyl (C=O) groups excluding carboxylic acids is 3. The molecule has 1 aromatic heterocycles. The van der Waals surface area contributed by atoms with E-state index in [-0.39, 0.29) is 43.5 Å². The molecule has 2 fully saturated rings. The molecule has 42 heavy (non-hydrogen) atoms. The predicted octanol–water partition coefficient (Wildman–Crippen LogP) is 2.85. The summed E-state index contributed by atoms with van der Waals surface area (Å²) in [4.78, 5) is 59.0. The number of Topliss-reactive ketones (excluding diaryl/α,β-unsaturated/α-hetero) is 1. The summed E-state index contributed by atoms with van der Waals surface area (Å²) in [7, 11) is 0. The first-order valence-corrected chi connectivity index (χ1v) is 14.0. The number of piperidine rings is 1. The molecule has 12 nitrogen and oxygen atoms in total. The Morgan fingerprint density at radius 2 is 1.81 bits per heavy atom. The molecule has 0 radical (unpaired) electrons. The van der Waals surface area contributed by atoms with Gasteiger partial charge >= 0.3 is 12.1 Å². The first kappa shape index (κ1) is 30.8. The quantitative estimate of drug-likeness (QED) is 0.416. The second-order valence-electron chi connectivity index (χ2n) is 11.4. The molecule has 2 aromatic rings. The van der Waals surface area contributed by atoms with Crippen molar-refractivity contribution in [3.05, 3.63) is 53.9 Å². The van der Waals surface area contributed by atoms with Crippen molar-refractivity contribution in [2.75, 3.05) is 45.9 Å². The van der Waals surface area contributed by atoms with Gasteiger partial charge in [0.15, 0.2) is 12.4 Å². The van der Waals surface area contributed by atoms with Crippen LogP contribution in [-0.2, 0) is 20.9 Å². The summed E-state index contributed by atoms with van der Waals surface area (Å²) in [6.07, 6.45) is 4.36. The van der Waals surface area contributed by atoms with E-state index in [4.69, 9.17) is 19.3 Å². The number of amides is 2. The number of piperazine rings is 1. The maximum atomic E-state index is 13.2. The zero-order chi connectivity index (χ0) is 30.3. The first-order valence-electron chi connectivity index (χ1n) is 14.0. The number of ether oxygens (including phenoxy) is 3. The number of pyridine rings is 1. The van der Waals surface area contributed by atoms with Crippen molar-refractivity contribution in [2.24, 2.45) is 0 Å². The molecule has 0 bridgehead atoms. The van der Waals surface area contributed by atoms with Gasteiger partial charge < -0.3 is 29.1 Å². The second-order valence-corrected chi connectivity index (χ2v) is 11.4. The Hall–Kier alpha value is -4.19. The molecule has 226 valence electrons. The van der Waals surface area contributed by atoms with Gasteiger partial charge in [0, 0.05) is 49.5 Å². The number of hydrogen-bond acceptors (Lipinski definition) is 9. The number of ketones is 1. The van der Waals surface area contributed by atoms with Gasteiger partial charge in [-0.25, -0.2) is 9.59 Å². The van der Waals surface area contributed by atoms with Crippen LogP contribution in [0.5, 0.6) is 11.5 Å². The molecule has 2 aliphatic heterocycles. The van der Waals surface area contributed by atoms with Gasteiger partial charge in [0.25, 0.3) is 0 Å². The lowest BCUT2D eigenvalue weighted by atomic mass is 10.0. The van der Waals surface area contributed by atoms with Gasteiger partial charge in [0.05, 0.1) is 19.3 Å². The van der Waals surface area contributed by atoms with Gasteiger partial charge in [-0.3, -0.25) is 19.5 Å². The fraction of sp³-hybridized carbons (Fsp3) is 0.500. The molecule has 0 atom stereocenters. The number of nitrogens with zero attached hydrogens (tertiary/aromatic N) is 4. The fourth-order valence-electron chi connectivity index (χ4n) is 4.95. The highest BCUT2D eigenvalue weighted by Gasteiger charge is 2.34. The molecule has 0 aliphatic carbocycles. The lowest BCUT2D eigenvalue weighted by Crippen LogP contribution is -2.56. The van der Waals surface area contributed by atoms with E-state index in [0.29, 0.717) is 48.8 Å². The number of carboxylic acids is 1. The molecule has 2 aliphatic rings. The molecule has 0 unspecified atom stereocenters. The van der Waals surface area contributed by atoms with Crippen LogP contribution in [0.2, 0.25) is 0 Å². The van der Waals surface area contributed by atoms with Crippen LogP contribution in [-0.4, -0.2) is 106 Å². The van der Waals surface area contributed by atoms with E-state index >= 15 is 0 Å². The Balaban J connectivity index is 1.32. The summed E-state index contributed by atoms with van der Waals surface area (Å²) < 4.78 is 16.6. The fourth-order valence-corrected chi connectivity index (χ4v) is 4.95. The average molecular weight is 583 g/mol. The lowest BCUT2D eigenvalue weighted by molar-refractivity contribution is -0.139. The summed E-state index contributed by atoms with van der Waals surface area (Å²) in [5.41, 5.74) is 0.325. The monoisotopic (exact) mass is 582 g/mol. The van der Waals surface area contributed by atoms with Gasteiger partial charge in [0.2, 0.25) is 5.91 Å². The maximum Gasteiger partial charge on any atom is 0.410 e. The van der Waals surface area contributed by atoms with E-state index in [9.17, 15) is 19.2 Å². The van der Waals surface area contributed by atoms with E-state index in [1.54, 1.807) is 52.5 Å². The topological polar surface area (TPSA) is 139 Å². The van der Waals surface area contributed by atoms with Crippen LogP contribution in [0.4, 0.5) is 4.79 Å². The van der Waals surface area contributed by atoms with Crippen molar-refractivity contribution >= 4 is 23.8 Å². The zero-order valence-corrected chi connectivity index (χ0v) is 24.3. The van der Waals surface area contributed by atoms with Gasteiger partial charge in [-0.1, -0.05) is 0 Å². The van der Waals surface area contributed by atoms with Gasteiger partial charge in [-0.2, -0.15) is 0 Å². The van der Waals surface area contributed by atoms with E-state index in [1.165, 1.54) is 0 Å². The number of benzene rings is 1. The Morgan fingerprint density at radius 3 is 2.45 bits per heavy atom. The Bertz CT molecular complexity index is 1270. The van der Waals surface area contributed by atoms with Crippen molar-refractivity contribution in [2.45, 2.75) is 51.9 Å². The SMILES string of the molecule is CC(C)(C)OC(=O)N1CCC(N2CCN(CC(=O)c3ccc(OCC(=O)O)c(COc4cccnc4)c3)C(=O)C2)CC1. The third-order valence-electron chi connectivity index (χ3n) is 7.08. The molecule has 2 saturated heterocycles. The maximum absolute atomic E-state index is 13.2. The van der Waals surface area contributed by atoms with Crippen molar-refractivity contribution in [3.63, 3.8) is 0 Å². The van der Waals surface area contributed by atoms with Crippen molar-refractivity contribution in [1.82, 2.24) is 19.7 Å². The van der Waals surface area contributed by atoms with Crippen molar-refractivity contribution in [1.29, 1.82) is 0 Å². The summed E-state index contributed by atoms with van der Waals surface area (Å²) in [5.74, 6) is -0.682. The number of aromatic nitrogens is 1. The summed E-state index contributed by atoms with van der Waals surface area (Å²) >= 11 is 0. The van der Waals surface area contributed by atoms with E-state index in [1.807, 2.05) is 20.8 Å². The van der Waals surface area contributed by atoms with Gasteiger partial charge in [-0.15, -0.1) is 0 Å². The van der Waals surface area contributed by atoms with Gasteiger partial charge in [-0.05, 0) is 63.9 Å². The molecule has 1 aromatic carbocycles. The van der Waals surface area contributed by atoms with Crippen molar-refractivity contribution in [3.8, 4) is 11.5 Å². The third kappa shape index (κ3) is 8.65. The minimum absolute atomic E-state index is 0.0338. The predicted molar refractivity (Wildman–Crippen MR) is 151 cm³/mol. The van der Waals surface area contributed by atoms with E-state index in [2.05, 4.69) is 9.88 Å². The molecule has 1 N–H and O–H groups in total.